The lowest BCUT2D eigenvalue weighted by Gasteiger charge is -2.08. The van der Waals surface area contributed by atoms with Crippen molar-refractivity contribution < 1.29 is 9.53 Å². The molecule has 0 saturated carbocycles. The third-order valence-electron chi connectivity index (χ3n) is 1.01. The van der Waals surface area contributed by atoms with Crippen molar-refractivity contribution in [3.8, 4) is 0 Å². The van der Waals surface area contributed by atoms with Gasteiger partial charge in [-0.3, -0.25) is 4.79 Å². The molecule has 1 atom stereocenters. The molecular formula is C6H14N2O2. The summed E-state index contributed by atoms with van der Waals surface area (Å²) in [5.74, 6) is -0.350. The predicted octanol–water partition coefficient (Wildman–Crippen LogP) is -0.904. The summed E-state index contributed by atoms with van der Waals surface area (Å²) in [4.78, 5) is 10.7. The van der Waals surface area contributed by atoms with E-state index >= 15 is 0 Å². The standard InChI is InChI=1S/C6H14N2O2/c1-3-10-6(9)5(7)4-8-2/h5,8H,3-4,7H2,1-2H3/t5-/m0/s1. The molecule has 0 unspecified atom stereocenters. The van der Waals surface area contributed by atoms with E-state index in [-0.39, 0.29) is 5.97 Å². The van der Waals surface area contributed by atoms with E-state index in [1.165, 1.54) is 0 Å². The van der Waals surface area contributed by atoms with Crippen LogP contribution in [0.3, 0.4) is 0 Å². The minimum atomic E-state index is -0.537. The molecule has 0 saturated heterocycles. The lowest BCUT2D eigenvalue weighted by Crippen LogP contribution is -2.40. The predicted molar refractivity (Wildman–Crippen MR) is 38.5 cm³/mol. The SMILES string of the molecule is CCOC(=O)[C@@H](N)CNC. The van der Waals surface area contributed by atoms with Crippen molar-refractivity contribution >= 4 is 5.97 Å². The molecule has 0 aliphatic carbocycles. The molecule has 0 aliphatic rings. The highest BCUT2D eigenvalue weighted by Crippen LogP contribution is 1.82. The Labute approximate surface area is 60.7 Å². The summed E-state index contributed by atoms with van der Waals surface area (Å²) < 4.78 is 4.65. The number of carbonyl (C=O) groups excluding carboxylic acids is 1. The number of nitrogens with two attached hydrogens (primary N) is 1. The van der Waals surface area contributed by atoms with Crippen LogP contribution in [0.2, 0.25) is 0 Å². The van der Waals surface area contributed by atoms with Crippen molar-refractivity contribution in [1.29, 1.82) is 0 Å². The van der Waals surface area contributed by atoms with Crippen LogP contribution in [0.4, 0.5) is 0 Å². The number of likely N-dealkylation sites (N-methyl/N-ethyl adjacent to an activating group) is 1. The van der Waals surface area contributed by atoms with E-state index in [1.807, 2.05) is 0 Å². The first-order valence-corrected chi connectivity index (χ1v) is 3.29. The van der Waals surface area contributed by atoms with Crippen molar-refractivity contribution in [2.24, 2.45) is 5.73 Å². The number of esters is 1. The summed E-state index contributed by atoms with van der Waals surface area (Å²) in [6, 6.07) is -0.537. The van der Waals surface area contributed by atoms with Gasteiger partial charge in [-0.2, -0.15) is 0 Å². The number of carbonyl (C=O) groups is 1. The molecular weight excluding hydrogens is 132 g/mol. The van der Waals surface area contributed by atoms with E-state index in [0.29, 0.717) is 13.2 Å². The minimum Gasteiger partial charge on any atom is -0.465 e. The zero-order valence-electron chi connectivity index (χ0n) is 6.39. The van der Waals surface area contributed by atoms with Crippen LogP contribution in [0.5, 0.6) is 0 Å². The van der Waals surface area contributed by atoms with Crippen LogP contribution < -0.4 is 11.1 Å². The zero-order chi connectivity index (χ0) is 7.98. The Balaban J connectivity index is 3.49. The van der Waals surface area contributed by atoms with E-state index in [2.05, 4.69) is 10.1 Å². The molecule has 0 heterocycles. The van der Waals surface area contributed by atoms with Gasteiger partial charge in [0.15, 0.2) is 0 Å². The monoisotopic (exact) mass is 146 g/mol. The molecule has 0 aromatic heterocycles. The molecule has 0 aromatic carbocycles. The van der Waals surface area contributed by atoms with Crippen LogP contribution in [0.1, 0.15) is 6.92 Å². The molecule has 0 radical (unpaired) electrons. The van der Waals surface area contributed by atoms with Gasteiger partial charge in [0.05, 0.1) is 6.61 Å². The van der Waals surface area contributed by atoms with Gasteiger partial charge in [-0.1, -0.05) is 0 Å². The van der Waals surface area contributed by atoms with Crippen molar-refractivity contribution in [2.75, 3.05) is 20.2 Å². The lowest BCUT2D eigenvalue weighted by atomic mass is 10.3. The third-order valence-corrected chi connectivity index (χ3v) is 1.01. The molecule has 0 amide bonds. The largest absolute Gasteiger partial charge is 0.465 e. The molecule has 4 heteroatoms. The maximum Gasteiger partial charge on any atom is 0.324 e. The quantitative estimate of drug-likeness (QED) is 0.504. The van der Waals surface area contributed by atoms with E-state index in [0.717, 1.165) is 0 Å². The molecule has 0 bridgehead atoms. The first-order valence-electron chi connectivity index (χ1n) is 3.29. The molecule has 4 nitrogen and oxygen atoms in total. The van der Waals surface area contributed by atoms with Crippen molar-refractivity contribution in [1.82, 2.24) is 5.32 Å². The Morgan fingerprint density at radius 1 is 1.80 bits per heavy atom. The Hall–Kier alpha value is -0.610. The minimum absolute atomic E-state index is 0.350. The Morgan fingerprint density at radius 2 is 2.40 bits per heavy atom. The van der Waals surface area contributed by atoms with Gasteiger partial charge in [0.1, 0.15) is 6.04 Å². The number of nitrogens with one attached hydrogen (secondary N) is 1. The van der Waals surface area contributed by atoms with Gasteiger partial charge in [-0.15, -0.1) is 0 Å². The summed E-state index contributed by atoms with van der Waals surface area (Å²) in [6.07, 6.45) is 0. The number of ether oxygens (including phenoxy) is 1. The fraction of sp³-hybridized carbons (Fsp3) is 0.833. The highest BCUT2D eigenvalue weighted by atomic mass is 16.5. The summed E-state index contributed by atoms with van der Waals surface area (Å²) in [5.41, 5.74) is 5.38. The highest BCUT2D eigenvalue weighted by Gasteiger charge is 2.11. The average Bonchev–Trinajstić information content (AvgIpc) is 1.89. The Bertz CT molecular complexity index is 106. The van der Waals surface area contributed by atoms with Crippen LogP contribution in [0.15, 0.2) is 0 Å². The van der Waals surface area contributed by atoms with Crippen molar-refractivity contribution in [3.05, 3.63) is 0 Å². The van der Waals surface area contributed by atoms with E-state index in [9.17, 15) is 4.79 Å². The fourth-order valence-corrected chi connectivity index (χ4v) is 0.553. The molecule has 0 aromatic rings. The van der Waals surface area contributed by atoms with E-state index in [4.69, 9.17) is 5.73 Å². The van der Waals surface area contributed by atoms with Crippen LogP contribution >= 0.6 is 0 Å². The molecule has 10 heavy (non-hydrogen) atoms. The number of hydrogen-bond acceptors (Lipinski definition) is 4. The van der Waals surface area contributed by atoms with Gasteiger partial charge in [-0.25, -0.2) is 0 Å². The summed E-state index contributed by atoms with van der Waals surface area (Å²) in [6.45, 7) is 2.60. The van der Waals surface area contributed by atoms with Crippen molar-refractivity contribution in [2.45, 2.75) is 13.0 Å². The Morgan fingerprint density at radius 3 is 2.80 bits per heavy atom. The summed E-state index contributed by atoms with van der Waals surface area (Å²) in [5, 5.41) is 2.78. The maximum absolute atomic E-state index is 10.7. The first kappa shape index (κ1) is 9.39. The van der Waals surface area contributed by atoms with Crippen LogP contribution in [0, 0.1) is 0 Å². The van der Waals surface area contributed by atoms with Gasteiger partial charge < -0.3 is 15.8 Å². The maximum atomic E-state index is 10.7. The van der Waals surface area contributed by atoms with Crippen molar-refractivity contribution in [3.63, 3.8) is 0 Å². The first-order chi connectivity index (χ1) is 4.72. The average molecular weight is 146 g/mol. The van der Waals surface area contributed by atoms with Gasteiger partial charge in [0.25, 0.3) is 0 Å². The normalized spacial score (nSPS) is 12.7. The van der Waals surface area contributed by atoms with Gasteiger partial charge >= 0.3 is 5.97 Å². The molecule has 3 N–H and O–H groups in total. The highest BCUT2D eigenvalue weighted by molar-refractivity contribution is 5.75. The van der Waals surface area contributed by atoms with Crippen LogP contribution in [-0.4, -0.2) is 32.2 Å². The van der Waals surface area contributed by atoms with E-state index < -0.39 is 6.04 Å². The number of rotatable bonds is 4. The molecule has 0 fully saturated rings. The van der Waals surface area contributed by atoms with E-state index in [1.54, 1.807) is 14.0 Å². The molecule has 0 spiro atoms. The second-order valence-electron chi connectivity index (χ2n) is 1.92. The van der Waals surface area contributed by atoms with Gasteiger partial charge in [0, 0.05) is 6.54 Å². The molecule has 0 rings (SSSR count). The van der Waals surface area contributed by atoms with Crippen LogP contribution in [-0.2, 0) is 9.53 Å². The second kappa shape index (κ2) is 5.20. The topological polar surface area (TPSA) is 64.3 Å². The van der Waals surface area contributed by atoms with Crippen LogP contribution in [0.25, 0.3) is 0 Å². The van der Waals surface area contributed by atoms with Gasteiger partial charge in [-0.05, 0) is 14.0 Å². The number of hydrogen-bond donors (Lipinski definition) is 2. The fourth-order valence-electron chi connectivity index (χ4n) is 0.553. The third kappa shape index (κ3) is 3.42. The summed E-state index contributed by atoms with van der Waals surface area (Å²) >= 11 is 0. The zero-order valence-corrected chi connectivity index (χ0v) is 6.39. The van der Waals surface area contributed by atoms with Gasteiger partial charge in [0.2, 0.25) is 0 Å². The molecule has 0 aliphatic heterocycles. The Kier molecular flexibility index (Phi) is 4.88. The summed E-state index contributed by atoms with van der Waals surface area (Å²) in [7, 11) is 1.74. The molecule has 60 valence electrons. The smallest absolute Gasteiger partial charge is 0.324 e. The lowest BCUT2D eigenvalue weighted by molar-refractivity contribution is -0.144. The second-order valence-corrected chi connectivity index (χ2v) is 1.92.